The summed E-state index contributed by atoms with van der Waals surface area (Å²) in [4.78, 5) is 41.7. The summed E-state index contributed by atoms with van der Waals surface area (Å²) in [5, 5.41) is 2.99. The highest BCUT2D eigenvalue weighted by molar-refractivity contribution is 7.59. The summed E-state index contributed by atoms with van der Waals surface area (Å²) in [6.07, 6.45) is 6.98. The number of fused-ring (bicyclic) bond motifs is 1. The summed E-state index contributed by atoms with van der Waals surface area (Å²) in [6, 6.07) is -1.26. The molecule has 0 aromatic rings. The fourth-order valence-corrected chi connectivity index (χ4v) is 5.03. The van der Waals surface area contributed by atoms with Crippen molar-refractivity contribution in [2.24, 2.45) is 5.92 Å². The zero-order valence-electron chi connectivity index (χ0n) is 17.4. The number of urea groups is 1. The molecule has 8 nitrogen and oxygen atoms in total. The van der Waals surface area contributed by atoms with E-state index in [9.17, 15) is 14.4 Å². The van der Waals surface area contributed by atoms with Crippen LogP contribution in [0.1, 0.15) is 52.4 Å². The molecule has 3 heterocycles. The molecule has 3 atom stereocenters. The maximum absolute atomic E-state index is 13.4. The Balaban J connectivity index is 0.00000160. The lowest BCUT2D eigenvalue weighted by atomic mass is 9.84. The fourth-order valence-electron chi connectivity index (χ4n) is 5.03. The number of ether oxygens (including phenoxy) is 2. The van der Waals surface area contributed by atoms with E-state index < -0.39 is 12.1 Å². The van der Waals surface area contributed by atoms with E-state index in [1.165, 1.54) is 19.3 Å². The van der Waals surface area contributed by atoms with Crippen molar-refractivity contribution in [3.63, 3.8) is 0 Å². The SMILES string of the molecule is C.O=C1CO[C@@H]2CCN(C(=O)[C@H](CC3CCCCC3)NC(=O)N3CCOCC3)[C@H]12.S.S. The van der Waals surface area contributed by atoms with Crippen LogP contribution in [0.25, 0.3) is 0 Å². The smallest absolute Gasteiger partial charge is 0.318 e. The fraction of sp³-hybridized carbons (Fsp3) is 0.857. The van der Waals surface area contributed by atoms with Crippen LogP contribution < -0.4 is 5.32 Å². The van der Waals surface area contributed by atoms with Gasteiger partial charge in [0, 0.05) is 19.6 Å². The Kier molecular flexibility index (Phi) is 11.7. The topological polar surface area (TPSA) is 88.2 Å². The van der Waals surface area contributed by atoms with Crippen molar-refractivity contribution >= 4 is 44.7 Å². The highest BCUT2D eigenvalue weighted by Crippen LogP contribution is 2.31. The first-order valence-corrected chi connectivity index (χ1v) is 10.7. The molecule has 1 aliphatic carbocycles. The van der Waals surface area contributed by atoms with Crippen LogP contribution in [-0.4, -0.2) is 85.2 Å². The standard InChI is InChI=1S/C20H31N3O5.CH4.2H2S/c24-16-13-28-17-6-7-23(18(16)17)19(25)15(12-14-4-2-1-3-5-14)21-20(26)22-8-10-27-11-9-22;;;/h14-15,17-18H,1-13H2,(H,21,26);1H4;2*1H2/t15-,17+,18+;;;/m0.../s1. The third-order valence-electron chi connectivity index (χ3n) is 6.58. The van der Waals surface area contributed by atoms with Crippen molar-refractivity contribution in [3.8, 4) is 0 Å². The molecule has 0 unspecified atom stereocenters. The molecule has 1 N–H and O–H groups in total. The lowest BCUT2D eigenvalue weighted by Gasteiger charge is -2.33. The molecule has 31 heavy (non-hydrogen) atoms. The summed E-state index contributed by atoms with van der Waals surface area (Å²) in [6.45, 7) is 2.74. The highest BCUT2D eigenvalue weighted by Gasteiger charge is 2.48. The first-order valence-electron chi connectivity index (χ1n) is 10.7. The van der Waals surface area contributed by atoms with Crippen LogP contribution in [0, 0.1) is 5.92 Å². The van der Waals surface area contributed by atoms with E-state index in [4.69, 9.17) is 9.47 Å². The number of nitrogens with one attached hydrogen (secondary N) is 1. The molecule has 0 aromatic carbocycles. The molecule has 0 bridgehead atoms. The molecule has 3 saturated heterocycles. The van der Waals surface area contributed by atoms with E-state index in [-0.39, 0.29) is 64.9 Å². The number of ketones is 1. The van der Waals surface area contributed by atoms with Gasteiger partial charge in [0.15, 0.2) is 5.78 Å². The third-order valence-corrected chi connectivity index (χ3v) is 6.58. The van der Waals surface area contributed by atoms with E-state index in [2.05, 4.69) is 5.32 Å². The molecular formula is C21H39N3O5S2. The molecule has 4 aliphatic rings. The van der Waals surface area contributed by atoms with Gasteiger partial charge < -0.3 is 24.6 Å². The Morgan fingerprint density at radius 2 is 1.71 bits per heavy atom. The second-order valence-electron chi connectivity index (χ2n) is 8.42. The number of likely N-dealkylation sites (tertiary alicyclic amines) is 1. The molecule has 180 valence electrons. The molecule has 0 spiro atoms. The molecule has 4 fully saturated rings. The lowest BCUT2D eigenvalue weighted by Crippen LogP contribution is -2.56. The second-order valence-corrected chi connectivity index (χ2v) is 8.42. The number of carbonyl (C=O) groups is 3. The number of morpholine rings is 1. The van der Waals surface area contributed by atoms with Gasteiger partial charge in [-0.25, -0.2) is 4.79 Å². The minimum absolute atomic E-state index is 0. The van der Waals surface area contributed by atoms with Crippen molar-refractivity contribution in [2.75, 3.05) is 39.5 Å². The normalized spacial score (nSPS) is 26.8. The minimum Gasteiger partial charge on any atom is -0.378 e. The summed E-state index contributed by atoms with van der Waals surface area (Å²) < 4.78 is 10.8. The number of rotatable bonds is 4. The lowest BCUT2D eigenvalue weighted by molar-refractivity contribution is -0.138. The van der Waals surface area contributed by atoms with Gasteiger partial charge in [0.2, 0.25) is 5.91 Å². The van der Waals surface area contributed by atoms with Gasteiger partial charge in [-0.1, -0.05) is 39.5 Å². The van der Waals surface area contributed by atoms with Crippen LogP contribution in [0.4, 0.5) is 4.79 Å². The predicted molar refractivity (Wildman–Crippen MR) is 128 cm³/mol. The molecular weight excluding hydrogens is 438 g/mol. The molecule has 0 radical (unpaired) electrons. The van der Waals surface area contributed by atoms with E-state index in [0.29, 0.717) is 51.6 Å². The second kappa shape index (κ2) is 12.9. The monoisotopic (exact) mass is 477 g/mol. The zero-order chi connectivity index (χ0) is 19.5. The summed E-state index contributed by atoms with van der Waals surface area (Å²) in [7, 11) is 0. The van der Waals surface area contributed by atoms with Crippen LogP contribution in [0.5, 0.6) is 0 Å². The van der Waals surface area contributed by atoms with Gasteiger partial charge in [0.05, 0.1) is 19.3 Å². The largest absolute Gasteiger partial charge is 0.378 e. The molecule has 0 aromatic heterocycles. The Hall–Kier alpha value is -0.970. The number of hydrogen-bond acceptors (Lipinski definition) is 5. The Morgan fingerprint density at radius 3 is 2.39 bits per heavy atom. The molecule has 10 heteroatoms. The predicted octanol–water partition coefficient (Wildman–Crippen LogP) is 1.80. The summed E-state index contributed by atoms with van der Waals surface area (Å²) in [5.74, 6) is 0.298. The molecule has 3 amide bonds. The van der Waals surface area contributed by atoms with Gasteiger partial charge in [-0.05, 0) is 18.8 Å². The molecule has 3 aliphatic heterocycles. The maximum atomic E-state index is 13.4. The minimum atomic E-state index is -0.578. The quantitative estimate of drug-likeness (QED) is 0.667. The van der Waals surface area contributed by atoms with E-state index in [1.54, 1.807) is 9.80 Å². The van der Waals surface area contributed by atoms with Crippen LogP contribution >= 0.6 is 27.0 Å². The number of hydrogen-bond donors (Lipinski definition) is 1. The third kappa shape index (κ3) is 6.52. The van der Waals surface area contributed by atoms with E-state index in [1.807, 2.05) is 0 Å². The Bertz CT molecular complexity index is 612. The van der Waals surface area contributed by atoms with Gasteiger partial charge in [-0.15, -0.1) is 0 Å². The number of amides is 3. The van der Waals surface area contributed by atoms with E-state index in [0.717, 1.165) is 12.8 Å². The van der Waals surface area contributed by atoms with Crippen LogP contribution in [0.3, 0.4) is 0 Å². The Labute approximate surface area is 199 Å². The van der Waals surface area contributed by atoms with Crippen molar-refractivity contribution in [3.05, 3.63) is 0 Å². The Morgan fingerprint density at radius 1 is 1.03 bits per heavy atom. The first kappa shape index (κ1) is 28.1. The van der Waals surface area contributed by atoms with Gasteiger partial charge in [0.25, 0.3) is 0 Å². The van der Waals surface area contributed by atoms with Gasteiger partial charge in [0.1, 0.15) is 18.7 Å². The average molecular weight is 478 g/mol. The van der Waals surface area contributed by atoms with Gasteiger partial charge in [-0.2, -0.15) is 27.0 Å². The van der Waals surface area contributed by atoms with Crippen LogP contribution in [0.15, 0.2) is 0 Å². The first-order chi connectivity index (χ1) is 13.6. The number of Topliss-reactive ketones (excluding diaryl/α,β-unsaturated/α-hetero) is 1. The summed E-state index contributed by atoms with van der Waals surface area (Å²) >= 11 is 0. The maximum Gasteiger partial charge on any atom is 0.318 e. The zero-order valence-corrected chi connectivity index (χ0v) is 19.4. The van der Waals surface area contributed by atoms with E-state index >= 15 is 0 Å². The van der Waals surface area contributed by atoms with Crippen molar-refractivity contribution < 1.29 is 23.9 Å². The van der Waals surface area contributed by atoms with Gasteiger partial charge in [-0.3, -0.25) is 9.59 Å². The average Bonchev–Trinajstić information content (AvgIpc) is 3.31. The van der Waals surface area contributed by atoms with Crippen molar-refractivity contribution in [1.82, 2.24) is 15.1 Å². The molecule has 4 rings (SSSR count). The molecule has 1 saturated carbocycles. The number of carbonyl (C=O) groups excluding carboxylic acids is 3. The van der Waals surface area contributed by atoms with Crippen LogP contribution in [-0.2, 0) is 19.1 Å². The van der Waals surface area contributed by atoms with Crippen molar-refractivity contribution in [2.45, 2.75) is 70.6 Å². The van der Waals surface area contributed by atoms with Gasteiger partial charge >= 0.3 is 6.03 Å². The van der Waals surface area contributed by atoms with Crippen LogP contribution in [0.2, 0.25) is 0 Å². The highest BCUT2D eigenvalue weighted by atomic mass is 32.1. The number of nitrogens with zero attached hydrogens (tertiary/aromatic N) is 2. The summed E-state index contributed by atoms with van der Waals surface area (Å²) in [5.41, 5.74) is 0. The van der Waals surface area contributed by atoms with Crippen molar-refractivity contribution in [1.29, 1.82) is 0 Å².